The van der Waals surface area contributed by atoms with E-state index in [2.05, 4.69) is 0 Å². The van der Waals surface area contributed by atoms with E-state index < -0.39 is 5.97 Å². The molecule has 1 heterocycles. The molecule has 1 aromatic heterocycles. The Hall–Kier alpha value is -3.79. The Bertz CT molecular complexity index is 1290. The summed E-state index contributed by atoms with van der Waals surface area (Å²) in [5.41, 5.74) is 6.06. The fraction of sp³-hybridized carbons (Fsp3) is 0.148. The maximum atomic E-state index is 13.1. The molecule has 0 amide bonds. The van der Waals surface area contributed by atoms with Gasteiger partial charge in [-0.1, -0.05) is 72.3 Å². The van der Waals surface area contributed by atoms with Gasteiger partial charge in [-0.3, -0.25) is 4.79 Å². The lowest BCUT2D eigenvalue weighted by Gasteiger charge is -2.14. The lowest BCUT2D eigenvalue weighted by Crippen LogP contribution is -2.17. The van der Waals surface area contributed by atoms with Crippen molar-refractivity contribution in [3.8, 4) is 11.3 Å². The summed E-state index contributed by atoms with van der Waals surface area (Å²) in [6, 6.07) is 22.8. The fourth-order valence-corrected chi connectivity index (χ4v) is 3.85. The summed E-state index contributed by atoms with van der Waals surface area (Å²) < 4.78 is 5.49. The zero-order valence-electron chi connectivity index (χ0n) is 17.8. The summed E-state index contributed by atoms with van der Waals surface area (Å²) >= 11 is 0. The molecule has 0 unspecified atom stereocenters. The molecule has 0 aliphatic rings. The van der Waals surface area contributed by atoms with E-state index >= 15 is 0 Å². The van der Waals surface area contributed by atoms with Crippen molar-refractivity contribution in [1.82, 2.24) is 4.98 Å². The van der Waals surface area contributed by atoms with Gasteiger partial charge >= 0.3 is 5.97 Å². The first-order valence-corrected chi connectivity index (χ1v) is 10.2. The number of nitrogens with zero attached hydrogens (tertiary/aromatic N) is 1. The average Bonchev–Trinajstić information content (AvgIpc) is 2.77. The number of fused-ring (bicyclic) bond motifs is 1. The summed E-state index contributed by atoms with van der Waals surface area (Å²) in [6.45, 7) is 5.42. The van der Waals surface area contributed by atoms with Crippen LogP contribution in [-0.4, -0.2) is 23.3 Å². The molecule has 0 N–H and O–H groups in total. The third-order valence-corrected chi connectivity index (χ3v) is 5.40. The minimum absolute atomic E-state index is 0.217. The second-order valence-electron chi connectivity index (χ2n) is 7.66. The van der Waals surface area contributed by atoms with Crippen molar-refractivity contribution in [3.05, 3.63) is 101 Å². The number of carbonyl (C=O) groups excluding carboxylic acids is 2. The lowest BCUT2D eigenvalue weighted by molar-refractivity contribution is 0.0475. The number of hydrogen-bond donors (Lipinski definition) is 0. The molecule has 0 aliphatic heterocycles. The largest absolute Gasteiger partial charge is 0.454 e. The molecule has 0 saturated carbocycles. The molecule has 3 aromatic carbocycles. The Morgan fingerprint density at radius 3 is 2.32 bits per heavy atom. The maximum Gasteiger partial charge on any atom is 0.339 e. The summed E-state index contributed by atoms with van der Waals surface area (Å²) in [6.07, 6.45) is 0. The van der Waals surface area contributed by atoms with E-state index in [0.29, 0.717) is 22.0 Å². The second kappa shape index (κ2) is 8.52. The smallest absolute Gasteiger partial charge is 0.339 e. The Labute approximate surface area is 181 Å². The Morgan fingerprint density at radius 1 is 0.871 bits per heavy atom. The van der Waals surface area contributed by atoms with E-state index in [-0.39, 0.29) is 12.4 Å². The van der Waals surface area contributed by atoms with E-state index in [1.165, 1.54) is 0 Å². The van der Waals surface area contributed by atoms with E-state index in [1.807, 2.05) is 87.5 Å². The first-order chi connectivity index (χ1) is 15.0. The van der Waals surface area contributed by atoms with Crippen LogP contribution in [0.25, 0.3) is 22.2 Å². The number of aryl methyl sites for hydroxylation is 2. The SMILES string of the molecule is Cc1ccc(C(=O)COC(=O)c2c(C)c(-c3ccccc3)nc3ccccc23)c(C)c1. The zero-order chi connectivity index (χ0) is 22.0. The number of ether oxygens (including phenoxy) is 1. The highest BCUT2D eigenvalue weighted by atomic mass is 16.5. The summed E-state index contributed by atoms with van der Waals surface area (Å²) in [7, 11) is 0. The van der Waals surface area contributed by atoms with Crippen LogP contribution in [0, 0.1) is 20.8 Å². The fourth-order valence-electron chi connectivity index (χ4n) is 3.85. The molecule has 0 spiro atoms. The monoisotopic (exact) mass is 409 g/mol. The summed E-state index contributed by atoms with van der Waals surface area (Å²) in [5.74, 6) is -0.739. The van der Waals surface area contributed by atoms with Gasteiger partial charge in [-0.25, -0.2) is 9.78 Å². The maximum absolute atomic E-state index is 13.1. The number of ketones is 1. The third kappa shape index (κ3) is 4.10. The van der Waals surface area contributed by atoms with Gasteiger partial charge in [-0.2, -0.15) is 0 Å². The van der Waals surface area contributed by atoms with Gasteiger partial charge in [0.1, 0.15) is 0 Å². The number of Topliss-reactive ketones (excluding diaryl/α,β-unsaturated/α-hetero) is 1. The number of para-hydroxylation sites is 1. The lowest BCUT2D eigenvalue weighted by atomic mass is 9.98. The van der Waals surface area contributed by atoms with Crippen LogP contribution in [0.2, 0.25) is 0 Å². The molecule has 31 heavy (non-hydrogen) atoms. The Kier molecular flexibility index (Phi) is 5.63. The van der Waals surface area contributed by atoms with Crippen LogP contribution in [0.5, 0.6) is 0 Å². The second-order valence-corrected chi connectivity index (χ2v) is 7.66. The van der Waals surface area contributed by atoms with Crippen LogP contribution in [0.1, 0.15) is 37.4 Å². The highest BCUT2D eigenvalue weighted by Gasteiger charge is 2.21. The van der Waals surface area contributed by atoms with Crippen LogP contribution in [0.15, 0.2) is 72.8 Å². The van der Waals surface area contributed by atoms with Crippen molar-refractivity contribution in [2.24, 2.45) is 0 Å². The first kappa shape index (κ1) is 20.5. The number of aromatic nitrogens is 1. The highest BCUT2D eigenvalue weighted by Crippen LogP contribution is 2.30. The van der Waals surface area contributed by atoms with Crippen LogP contribution in [-0.2, 0) is 4.74 Å². The van der Waals surface area contributed by atoms with Crippen LogP contribution in [0.3, 0.4) is 0 Å². The number of carbonyl (C=O) groups is 2. The molecule has 4 aromatic rings. The zero-order valence-corrected chi connectivity index (χ0v) is 17.8. The topological polar surface area (TPSA) is 56.3 Å². The molecule has 4 nitrogen and oxygen atoms in total. The van der Waals surface area contributed by atoms with Gasteiger partial charge in [0.2, 0.25) is 5.78 Å². The number of hydrogen-bond acceptors (Lipinski definition) is 4. The number of esters is 1. The minimum Gasteiger partial charge on any atom is -0.454 e. The van der Waals surface area contributed by atoms with E-state index in [9.17, 15) is 9.59 Å². The van der Waals surface area contributed by atoms with Gasteiger partial charge in [-0.05, 0) is 38.0 Å². The van der Waals surface area contributed by atoms with Crippen molar-refractivity contribution in [3.63, 3.8) is 0 Å². The van der Waals surface area contributed by atoms with Crippen LogP contribution in [0.4, 0.5) is 0 Å². The Morgan fingerprint density at radius 2 is 1.58 bits per heavy atom. The number of benzene rings is 3. The summed E-state index contributed by atoms with van der Waals surface area (Å²) in [5, 5.41) is 0.712. The molecule has 4 heteroatoms. The van der Waals surface area contributed by atoms with Crippen molar-refractivity contribution < 1.29 is 14.3 Å². The molecule has 4 rings (SSSR count). The van der Waals surface area contributed by atoms with Crippen molar-refractivity contribution >= 4 is 22.7 Å². The molecule has 0 atom stereocenters. The van der Waals surface area contributed by atoms with Crippen LogP contribution < -0.4 is 0 Å². The predicted molar refractivity (Wildman–Crippen MR) is 122 cm³/mol. The van der Waals surface area contributed by atoms with E-state index in [0.717, 1.165) is 27.9 Å². The van der Waals surface area contributed by atoms with Crippen molar-refractivity contribution in [2.75, 3.05) is 6.61 Å². The van der Waals surface area contributed by atoms with Gasteiger partial charge in [0.15, 0.2) is 6.61 Å². The van der Waals surface area contributed by atoms with E-state index in [1.54, 1.807) is 6.07 Å². The molecule has 0 radical (unpaired) electrons. The Balaban J connectivity index is 1.69. The minimum atomic E-state index is -0.522. The number of pyridine rings is 1. The highest BCUT2D eigenvalue weighted by molar-refractivity contribution is 6.07. The first-order valence-electron chi connectivity index (χ1n) is 10.2. The van der Waals surface area contributed by atoms with Gasteiger partial charge in [0.25, 0.3) is 0 Å². The van der Waals surface area contributed by atoms with Crippen molar-refractivity contribution in [2.45, 2.75) is 20.8 Å². The predicted octanol–water partition coefficient (Wildman–Crippen LogP) is 5.87. The number of rotatable bonds is 5. The third-order valence-electron chi connectivity index (χ3n) is 5.40. The van der Waals surface area contributed by atoms with Crippen LogP contribution >= 0.6 is 0 Å². The molecular weight excluding hydrogens is 386 g/mol. The normalized spacial score (nSPS) is 10.8. The van der Waals surface area contributed by atoms with Gasteiger partial charge in [0, 0.05) is 16.5 Å². The van der Waals surface area contributed by atoms with Gasteiger partial charge in [-0.15, -0.1) is 0 Å². The molecule has 0 bridgehead atoms. The quantitative estimate of drug-likeness (QED) is 0.306. The summed E-state index contributed by atoms with van der Waals surface area (Å²) in [4.78, 5) is 30.6. The molecule has 0 saturated heterocycles. The molecule has 0 fully saturated rings. The van der Waals surface area contributed by atoms with Crippen molar-refractivity contribution in [1.29, 1.82) is 0 Å². The van der Waals surface area contributed by atoms with Gasteiger partial charge < -0.3 is 4.74 Å². The molecular formula is C27H23NO3. The van der Waals surface area contributed by atoms with Gasteiger partial charge in [0.05, 0.1) is 16.8 Å². The standard InChI is InChI=1S/C27H23NO3/c1-17-13-14-21(18(2)15-17)24(29)16-31-27(30)25-19(3)26(20-9-5-4-6-10-20)28-23-12-8-7-11-22(23)25/h4-15H,16H2,1-3H3. The van der Waals surface area contributed by atoms with E-state index in [4.69, 9.17) is 9.72 Å². The molecule has 154 valence electrons. The molecule has 0 aliphatic carbocycles. The average molecular weight is 409 g/mol.